The number of aromatic nitrogens is 3. The smallest absolute Gasteiger partial charge is 0.262 e. The molecule has 0 spiro atoms. The third-order valence-corrected chi connectivity index (χ3v) is 5.09. The lowest BCUT2D eigenvalue weighted by molar-refractivity contribution is 0.0952. The number of fused-ring (bicyclic) bond motifs is 3. The van der Waals surface area contributed by atoms with E-state index in [0.29, 0.717) is 41.9 Å². The van der Waals surface area contributed by atoms with Gasteiger partial charge in [0.2, 0.25) is 0 Å². The summed E-state index contributed by atoms with van der Waals surface area (Å²) in [6.07, 6.45) is 0.532. The number of hydrogen-bond acceptors (Lipinski definition) is 4. The van der Waals surface area contributed by atoms with Gasteiger partial charge >= 0.3 is 0 Å². The van der Waals surface area contributed by atoms with E-state index in [4.69, 9.17) is 4.74 Å². The molecule has 2 N–H and O–H groups in total. The Hall–Kier alpha value is -3.68. The normalized spacial score (nSPS) is 11.2. The summed E-state index contributed by atoms with van der Waals surface area (Å²) in [6.45, 7) is 2.57. The first-order chi connectivity index (χ1) is 14.5. The standard InChI is InChI=1S/C22H21FN4O3/c1-13-19-20(26-25-13)17-12-16(30-2)7-8-18(17)27(22(19)29)10-4-9-24-21(28)14-5-3-6-15(23)11-14/h3,5-8,11-12H,4,9-10H2,1-2H3,(H,24,28)(H,25,26). The van der Waals surface area contributed by atoms with Crippen LogP contribution in [0.3, 0.4) is 0 Å². The highest BCUT2D eigenvalue weighted by atomic mass is 19.1. The third-order valence-electron chi connectivity index (χ3n) is 5.09. The molecular formula is C22H21FN4O3. The Kier molecular flexibility index (Phi) is 5.22. The van der Waals surface area contributed by atoms with E-state index in [2.05, 4.69) is 15.5 Å². The van der Waals surface area contributed by atoms with Crippen LogP contribution in [0.2, 0.25) is 0 Å². The molecule has 0 bridgehead atoms. The number of rotatable bonds is 6. The maximum absolute atomic E-state index is 13.3. The Balaban J connectivity index is 1.59. The topological polar surface area (TPSA) is 89.0 Å². The van der Waals surface area contributed by atoms with E-state index < -0.39 is 5.82 Å². The molecule has 2 aromatic heterocycles. The number of ether oxygens (including phenoxy) is 1. The molecule has 8 heteroatoms. The highest BCUT2D eigenvalue weighted by Gasteiger charge is 2.16. The summed E-state index contributed by atoms with van der Waals surface area (Å²) < 4.78 is 20.3. The highest BCUT2D eigenvalue weighted by molar-refractivity contribution is 6.04. The van der Waals surface area contributed by atoms with E-state index in [1.54, 1.807) is 23.8 Å². The van der Waals surface area contributed by atoms with Crippen LogP contribution in [-0.2, 0) is 6.54 Å². The zero-order valence-electron chi connectivity index (χ0n) is 16.7. The monoisotopic (exact) mass is 408 g/mol. The van der Waals surface area contributed by atoms with Crippen LogP contribution >= 0.6 is 0 Å². The van der Waals surface area contributed by atoms with Crippen molar-refractivity contribution >= 4 is 27.7 Å². The number of halogens is 1. The molecule has 0 unspecified atom stereocenters. The molecule has 4 rings (SSSR count). The summed E-state index contributed by atoms with van der Waals surface area (Å²) in [6, 6.07) is 11.0. The molecule has 0 saturated heterocycles. The lowest BCUT2D eigenvalue weighted by atomic mass is 10.1. The van der Waals surface area contributed by atoms with Crippen LogP contribution in [0, 0.1) is 12.7 Å². The molecule has 0 aliphatic carbocycles. The number of carbonyl (C=O) groups excluding carboxylic acids is 1. The van der Waals surface area contributed by atoms with Gasteiger partial charge in [-0.15, -0.1) is 0 Å². The zero-order chi connectivity index (χ0) is 21.3. The number of H-pyrrole nitrogens is 1. The molecule has 1 amide bonds. The second-order valence-corrected chi connectivity index (χ2v) is 7.03. The van der Waals surface area contributed by atoms with Crippen molar-refractivity contribution in [2.24, 2.45) is 0 Å². The third kappa shape index (κ3) is 3.52. The SMILES string of the molecule is COc1ccc2c(c1)c1n[nH]c(C)c1c(=O)n2CCCNC(=O)c1cccc(F)c1. The molecule has 0 radical (unpaired) electrons. The van der Waals surface area contributed by atoms with Crippen LogP contribution in [0.25, 0.3) is 21.8 Å². The molecule has 0 aliphatic heterocycles. The van der Waals surface area contributed by atoms with E-state index in [1.165, 1.54) is 18.2 Å². The van der Waals surface area contributed by atoms with Crippen LogP contribution in [0.5, 0.6) is 5.75 Å². The molecule has 154 valence electrons. The summed E-state index contributed by atoms with van der Waals surface area (Å²) in [5.74, 6) is -0.130. The van der Waals surface area contributed by atoms with Crippen molar-refractivity contribution in [3.05, 3.63) is 69.9 Å². The van der Waals surface area contributed by atoms with Crippen molar-refractivity contribution in [3.8, 4) is 5.75 Å². The molecule has 0 atom stereocenters. The van der Waals surface area contributed by atoms with Gasteiger partial charge in [0.05, 0.1) is 18.0 Å². The van der Waals surface area contributed by atoms with Crippen LogP contribution in [-0.4, -0.2) is 34.3 Å². The second kappa shape index (κ2) is 7.98. The van der Waals surface area contributed by atoms with E-state index in [1.807, 2.05) is 19.1 Å². The number of nitrogens with one attached hydrogen (secondary N) is 2. The predicted molar refractivity (Wildman–Crippen MR) is 112 cm³/mol. The van der Waals surface area contributed by atoms with Gasteiger partial charge in [0.15, 0.2) is 0 Å². The van der Waals surface area contributed by atoms with Gasteiger partial charge in [-0.1, -0.05) is 6.07 Å². The summed E-state index contributed by atoms with van der Waals surface area (Å²) in [5.41, 5.74) is 2.19. The van der Waals surface area contributed by atoms with Gasteiger partial charge in [-0.2, -0.15) is 5.10 Å². The molecule has 30 heavy (non-hydrogen) atoms. The van der Waals surface area contributed by atoms with Gasteiger partial charge in [0, 0.05) is 29.7 Å². The van der Waals surface area contributed by atoms with Crippen molar-refractivity contribution < 1.29 is 13.9 Å². The fraction of sp³-hybridized carbons (Fsp3) is 0.227. The molecule has 2 heterocycles. The number of pyridine rings is 1. The summed E-state index contributed by atoms with van der Waals surface area (Å²) >= 11 is 0. The molecule has 2 aromatic carbocycles. The Morgan fingerprint density at radius 2 is 2.10 bits per heavy atom. The fourth-order valence-corrected chi connectivity index (χ4v) is 3.59. The number of benzene rings is 2. The zero-order valence-corrected chi connectivity index (χ0v) is 16.7. The summed E-state index contributed by atoms with van der Waals surface area (Å²) in [4.78, 5) is 25.3. The predicted octanol–water partition coefficient (Wildman–Crippen LogP) is 3.15. The number of hydrogen-bond donors (Lipinski definition) is 2. The van der Waals surface area contributed by atoms with Crippen LogP contribution in [0.1, 0.15) is 22.5 Å². The number of aryl methyl sites for hydroxylation is 2. The van der Waals surface area contributed by atoms with E-state index in [9.17, 15) is 14.0 Å². The Labute approximate surface area is 171 Å². The first-order valence-electron chi connectivity index (χ1n) is 9.58. The summed E-state index contributed by atoms with van der Waals surface area (Å²) in [5, 5.41) is 11.3. The minimum absolute atomic E-state index is 0.134. The Morgan fingerprint density at radius 1 is 1.27 bits per heavy atom. The lowest BCUT2D eigenvalue weighted by Gasteiger charge is -2.13. The van der Waals surface area contributed by atoms with Crippen LogP contribution in [0.15, 0.2) is 47.3 Å². The Bertz CT molecular complexity index is 1310. The first-order valence-corrected chi connectivity index (χ1v) is 9.58. The number of carbonyl (C=O) groups is 1. The number of nitrogens with zero attached hydrogens (tertiary/aromatic N) is 2. The molecule has 0 fully saturated rings. The van der Waals surface area contributed by atoms with E-state index >= 15 is 0 Å². The van der Waals surface area contributed by atoms with Gasteiger partial charge in [0.25, 0.3) is 11.5 Å². The van der Waals surface area contributed by atoms with E-state index in [0.717, 1.165) is 10.9 Å². The first kappa shape index (κ1) is 19.6. The Morgan fingerprint density at radius 3 is 2.87 bits per heavy atom. The van der Waals surface area contributed by atoms with Crippen molar-refractivity contribution in [2.75, 3.05) is 13.7 Å². The van der Waals surface area contributed by atoms with Crippen LogP contribution < -0.4 is 15.6 Å². The van der Waals surface area contributed by atoms with Gasteiger partial charge in [-0.05, 0) is 49.7 Å². The second-order valence-electron chi connectivity index (χ2n) is 7.03. The van der Waals surface area contributed by atoms with Gasteiger partial charge in [-0.25, -0.2) is 4.39 Å². The number of methoxy groups -OCH3 is 1. The maximum atomic E-state index is 13.3. The molecular weight excluding hydrogens is 387 g/mol. The number of amides is 1. The maximum Gasteiger partial charge on any atom is 0.262 e. The van der Waals surface area contributed by atoms with E-state index in [-0.39, 0.29) is 17.0 Å². The van der Waals surface area contributed by atoms with Gasteiger partial charge in [0.1, 0.15) is 17.1 Å². The molecule has 0 saturated carbocycles. The summed E-state index contributed by atoms with van der Waals surface area (Å²) in [7, 11) is 1.59. The molecule has 0 aliphatic rings. The van der Waals surface area contributed by atoms with Crippen molar-refractivity contribution in [3.63, 3.8) is 0 Å². The highest BCUT2D eigenvalue weighted by Crippen LogP contribution is 2.26. The minimum atomic E-state index is -0.458. The van der Waals surface area contributed by atoms with Gasteiger partial charge < -0.3 is 14.6 Å². The molecule has 4 aromatic rings. The lowest BCUT2D eigenvalue weighted by Crippen LogP contribution is -2.27. The quantitative estimate of drug-likeness (QED) is 0.480. The average Bonchev–Trinajstić information content (AvgIpc) is 3.14. The molecule has 7 nitrogen and oxygen atoms in total. The van der Waals surface area contributed by atoms with Crippen molar-refractivity contribution in [1.82, 2.24) is 20.1 Å². The number of aromatic amines is 1. The average molecular weight is 408 g/mol. The van der Waals surface area contributed by atoms with Crippen molar-refractivity contribution in [2.45, 2.75) is 19.9 Å². The fourth-order valence-electron chi connectivity index (χ4n) is 3.59. The minimum Gasteiger partial charge on any atom is -0.497 e. The largest absolute Gasteiger partial charge is 0.497 e. The van der Waals surface area contributed by atoms with Crippen molar-refractivity contribution in [1.29, 1.82) is 0 Å². The van der Waals surface area contributed by atoms with Crippen LogP contribution in [0.4, 0.5) is 4.39 Å². The van der Waals surface area contributed by atoms with Gasteiger partial charge in [-0.3, -0.25) is 14.7 Å².